The summed E-state index contributed by atoms with van der Waals surface area (Å²) in [5.74, 6) is -12.4. The predicted octanol–water partition coefficient (Wildman–Crippen LogP) is 0.255. The first-order valence-electron chi connectivity index (χ1n) is 5.27. The Hall–Kier alpha value is -2.65. The van der Waals surface area contributed by atoms with E-state index in [4.69, 9.17) is 10.8 Å². The molecule has 2 amide bonds. The Morgan fingerprint density at radius 1 is 1.05 bits per heavy atom. The smallest absolute Gasteiger partial charge is 0.323 e. The highest BCUT2D eigenvalue weighted by molar-refractivity contribution is 5.98. The summed E-state index contributed by atoms with van der Waals surface area (Å²) >= 11 is 0. The molecule has 1 aromatic rings. The molecule has 0 saturated heterocycles. The van der Waals surface area contributed by atoms with E-state index in [0.717, 1.165) is 0 Å². The van der Waals surface area contributed by atoms with Gasteiger partial charge in [-0.2, -0.15) is 0 Å². The average Bonchev–Trinajstić information content (AvgIpc) is 2.38. The number of nitrogens with two attached hydrogens (primary N) is 1. The molecular formula is C11H8F4N2O4. The summed E-state index contributed by atoms with van der Waals surface area (Å²) in [5, 5.41) is 8.57. The van der Waals surface area contributed by atoms with Gasteiger partial charge in [-0.15, -0.1) is 0 Å². The number of carboxylic acids is 1. The molecule has 0 radical (unpaired) electrons. The van der Waals surface area contributed by atoms with E-state index in [1.54, 1.807) is 0 Å². The maximum Gasteiger partial charge on any atom is 0.323 e. The van der Waals surface area contributed by atoms with Crippen molar-refractivity contribution < 1.29 is 37.1 Å². The molecule has 3 N–H and O–H groups in total. The number of carboxylic acid groups (broad SMARTS) is 1. The molecule has 0 unspecified atom stereocenters. The Balaban J connectivity index is 3.26. The highest BCUT2D eigenvalue weighted by Gasteiger charge is 2.28. The number of carbonyl (C=O) groups excluding carboxylic acids is 2. The molecular weight excluding hydrogens is 300 g/mol. The fraction of sp³-hybridized carbons (Fsp3) is 0.182. The second-order valence-electron chi connectivity index (χ2n) is 3.87. The molecule has 0 aromatic heterocycles. The molecule has 0 aliphatic heterocycles. The van der Waals surface area contributed by atoms with Gasteiger partial charge in [0.15, 0.2) is 23.3 Å². The van der Waals surface area contributed by atoms with Crippen molar-refractivity contribution in [2.24, 2.45) is 5.73 Å². The monoisotopic (exact) mass is 308 g/mol. The van der Waals surface area contributed by atoms with Gasteiger partial charge in [-0.05, 0) is 6.07 Å². The number of carbonyl (C=O) groups is 3. The Bertz CT molecular complexity index is 605. The summed E-state index contributed by atoms with van der Waals surface area (Å²) < 4.78 is 52.2. The van der Waals surface area contributed by atoms with E-state index >= 15 is 0 Å². The highest BCUT2D eigenvalue weighted by Crippen LogP contribution is 2.20. The molecule has 0 saturated carbocycles. The second kappa shape index (κ2) is 6.20. The number of aliphatic carboxylic acids is 1. The van der Waals surface area contributed by atoms with Crippen LogP contribution < -0.4 is 5.73 Å². The van der Waals surface area contributed by atoms with Gasteiger partial charge < -0.3 is 15.7 Å². The third kappa shape index (κ3) is 3.68. The number of benzene rings is 1. The van der Waals surface area contributed by atoms with Crippen LogP contribution in [0, 0.1) is 23.3 Å². The van der Waals surface area contributed by atoms with Crippen LogP contribution in [-0.4, -0.2) is 40.9 Å². The number of halogens is 4. The van der Waals surface area contributed by atoms with Crippen molar-refractivity contribution in [1.82, 2.24) is 4.90 Å². The van der Waals surface area contributed by atoms with Gasteiger partial charge in [0.1, 0.15) is 13.1 Å². The summed E-state index contributed by atoms with van der Waals surface area (Å²) in [5.41, 5.74) is 3.52. The van der Waals surface area contributed by atoms with Gasteiger partial charge in [0.2, 0.25) is 5.91 Å². The van der Waals surface area contributed by atoms with E-state index in [0.29, 0.717) is 0 Å². The zero-order valence-electron chi connectivity index (χ0n) is 10.2. The number of hydrogen-bond acceptors (Lipinski definition) is 3. The SMILES string of the molecule is NC(=O)CN(CC(=O)O)C(=O)c1cc(F)c(F)c(F)c1F. The Kier molecular flexibility index (Phi) is 4.84. The summed E-state index contributed by atoms with van der Waals surface area (Å²) in [6.45, 7) is -1.99. The molecule has 6 nitrogen and oxygen atoms in total. The van der Waals surface area contributed by atoms with Gasteiger partial charge in [0.25, 0.3) is 5.91 Å². The standard InChI is InChI=1S/C11H8F4N2O4/c12-5-1-4(8(13)10(15)9(5)14)11(21)17(2-6(16)18)3-7(19)20/h1H,2-3H2,(H2,16,18)(H,19,20). The van der Waals surface area contributed by atoms with E-state index in [9.17, 15) is 31.9 Å². The minimum absolute atomic E-state index is 0.0614. The molecule has 0 atom stereocenters. The van der Waals surface area contributed by atoms with Crippen molar-refractivity contribution in [3.63, 3.8) is 0 Å². The fourth-order valence-corrected chi connectivity index (χ4v) is 1.45. The number of hydrogen-bond donors (Lipinski definition) is 2. The molecule has 1 rings (SSSR count). The maximum absolute atomic E-state index is 13.4. The van der Waals surface area contributed by atoms with Crippen LogP contribution in [-0.2, 0) is 9.59 Å². The highest BCUT2D eigenvalue weighted by atomic mass is 19.2. The maximum atomic E-state index is 13.4. The summed E-state index contributed by atoms with van der Waals surface area (Å²) in [4.78, 5) is 33.3. The third-order valence-corrected chi connectivity index (χ3v) is 2.29. The largest absolute Gasteiger partial charge is 0.480 e. The Labute approximate surface area is 114 Å². The number of primary amides is 1. The van der Waals surface area contributed by atoms with Crippen LogP contribution >= 0.6 is 0 Å². The van der Waals surface area contributed by atoms with E-state index in [1.165, 1.54) is 0 Å². The van der Waals surface area contributed by atoms with Crippen LogP contribution in [0.1, 0.15) is 10.4 Å². The fourth-order valence-electron chi connectivity index (χ4n) is 1.45. The normalized spacial score (nSPS) is 10.3. The van der Waals surface area contributed by atoms with E-state index < -0.39 is 59.7 Å². The van der Waals surface area contributed by atoms with Crippen LogP contribution in [0.2, 0.25) is 0 Å². The second-order valence-corrected chi connectivity index (χ2v) is 3.87. The van der Waals surface area contributed by atoms with Gasteiger partial charge >= 0.3 is 5.97 Å². The zero-order valence-corrected chi connectivity index (χ0v) is 10.2. The lowest BCUT2D eigenvalue weighted by atomic mass is 10.1. The molecule has 0 aliphatic carbocycles. The van der Waals surface area contributed by atoms with Crippen molar-refractivity contribution in [2.75, 3.05) is 13.1 Å². The molecule has 114 valence electrons. The van der Waals surface area contributed by atoms with Crippen LogP contribution in [0.15, 0.2) is 6.07 Å². The third-order valence-electron chi connectivity index (χ3n) is 2.29. The van der Waals surface area contributed by atoms with Crippen molar-refractivity contribution in [3.8, 4) is 0 Å². The first-order valence-corrected chi connectivity index (χ1v) is 5.27. The molecule has 0 spiro atoms. The molecule has 0 aliphatic rings. The number of rotatable bonds is 5. The molecule has 0 fully saturated rings. The molecule has 1 aromatic carbocycles. The van der Waals surface area contributed by atoms with Gasteiger partial charge in [0.05, 0.1) is 5.56 Å². The average molecular weight is 308 g/mol. The van der Waals surface area contributed by atoms with Crippen LogP contribution in [0.4, 0.5) is 17.6 Å². The van der Waals surface area contributed by atoms with Gasteiger partial charge in [-0.25, -0.2) is 17.6 Å². The van der Waals surface area contributed by atoms with Gasteiger partial charge in [-0.3, -0.25) is 14.4 Å². The van der Waals surface area contributed by atoms with Crippen LogP contribution in [0.25, 0.3) is 0 Å². The summed E-state index contributed by atoms with van der Waals surface area (Å²) in [6, 6.07) is 0.0614. The molecule has 10 heteroatoms. The molecule has 0 bridgehead atoms. The van der Waals surface area contributed by atoms with Crippen LogP contribution in [0.3, 0.4) is 0 Å². The lowest BCUT2D eigenvalue weighted by Crippen LogP contribution is -2.42. The molecule has 0 heterocycles. The lowest BCUT2D eigenvalue weighted by Gasteiger charge is -2.19. The quantitative estimate of drug-likeness (QED) is 0.463. The van der Waals surface area contributed by atoms with Gasteiger partial charge in [0, 0.05) is 0 Å². The lowest BCUT2D eigenvalue weighted by molar-refractivity contribution is -0.138. The Morgan fingerprint density at radius 3 is 2.10 bits per heavy atom. The van der Waals surface area contributed by atoms with Gasteiger partial charge in [-0.1, -0.05) is 0 Å². The van der Waals surface area contributed by atoms with E-state index in [2.05, 4.69) is 0 Å². The topological polar surface area (TPSA) is 101 Å². The zero-order chi connectivity index (χ0) is 16.3. The first kappa shape index (κ1) is 16.4. The minimum atomic E-state index is -2.23. The van der Waals surface area contributed by atoms with Crippen LogP contribution in [0.5, 0.6) is 0 Å². The van der Waals surface area contributed by atoms with E-state index in [-0.39, 0.29) is 11.0 Å². The van der Waals surface area contributed by atoms with Crippen molar-refractivity contribution >= 4 is 17.8 Å². The Morgan fingerprint density at radius 2 is 1.62 bits per heavy atom. The minimum Gasteiger partial charge on any atom is -0.480 e. The molecule has 21 heavy (non-hydrogen) atoms. The van der Waals surface area contributed by atoms with E-state index in [1.807, 2.05) is 0 Å². The summed E-state index contributed by atoms with van der Waals surface area (Å²) in [7, 11) is 0. The van der Waals surface area contributed by atoms with Crippen molar-refractivity contribution in [3.05, 3.63) is 34.9 Å². The number of amides is 2. The number of nitrogens with zero attached hydrogens (tertiary/aromatic N) is 1. The van der Waals surface area contributed by atoms with Crippen molar-refractivity contribution in [1.29, 1.82) is 0 Å². The predicted molar refractivity (Wildman–Crippen MR) is 59.0 cm³/mol. The first-order chi connectivity index (χ1) is 9.65. The van der Waals surface area contributed by atoms with Crippen molar-refractivity contribution in [2.45, 2.75) is 0 Å². The summed E-state index contributed by atoms with van der Waals surface area (Å²) in [6.07, 6.45) is 0.